The molecule has 0 saturated carbocycles. The lowest BCUT2D eigenvalue weighted by atomic mass is 10.0. The van der Waals surface area contributed by atoms with Crippen LogP contribution in [0.5, 0.6) is 0 Å². The lowest BCUT2D eigenvalue weighted by molar-refractivity contribution is 0.312. The number of rotatable bonds is 3. The maximum absolute atomic E-state index is 5.05. The molecule has 0 N–H and O–H groups in total. The molecule has 0 spiro atoms. The minimum Gasteiger partial charge on any atom is -0.339 e. The second-order valence-corrected chi connectivity index (χ2v) is 8.03. The summed E-state index contributed by atoms with van der Waals surface area (Å²) < 4.78 is 2.17. The third kappa shape index (κ3) is 2.52. The van der Waals surface area contributed by atoms with Crippen LogP contribution in [-0.4, -0.2) is 36.4 Å². The monoisotopic (exact) mass is 361 g/mol. The van der Waals surface area contributed by atoms with Gasteiger partial charge >= 0.3 is 0 Å². The summed E-state index contributed by atoms with van der Waals surface area (Å²) in [7, 11) is 0. The van der Waals surface area contributed by atoms with Crippen molar-refractivity contribution in [2.24, 2.45) is 4.99 Å². The number of aromatic nitrogens is 3. The molecule has 0 amide bonds. The first kappa shape index (κ1) is 15.6. The highest BCUT2D eigenvalue weighted by Crippen LogP contribution is 2.47. The van der Waals surface area contributed by atoms with E-state index < -0.39 is 0 Å². The Kier molecular flexibility index (Phi) is 3.78. The Balaban J connectivity index is 1.62. The van der Waals surface area contributed by atoms with Crippen LogP contribution in [0.3, 0.4) is 0 Å². The first-order chi connectivity index (χ1) is 12.8. The van der Waals surface area contributed by atoms with Gasteiger partial charge in [0.05, 0.1) is 11.7 Å². The summed E-state index contributed by atoms with van der Waals surface area (Å²) in [5.41, 5.74) is 2.22. The van der Waals surface area contributed by atoms with Gasteiger partial charge in [-0.3, -0.25) is 9.98 Å². The van der Waals surface area contributed by atoms with Gasteiger partial charge in [-0.15, -0.1) is 0 Å². The number of pyridine rings is 2. The number of thioether (sulfide) groups is 1. The fourth-order valence-corrected chi connectivity index (χ4v) is 4.87. The number of aliphatic imine (C=N–C) groups is 1. The molecule has 1 saturated heterocycles. The van der Waals surface area contributed by atoms with Crippen molar-refractivity contribution in [3.63, 3.8) is 0 Å². The molecule has 3 aromatic heterocycles. The van der Waals surface area contributed by atoms with Crippen LogP contribution in [0.25, 0.3) is 5.82 Å². The van der Waals surface area contributed by atoms with Crippen LogP contribution in [0.1, 0.15) is 30.4 Å². The highest BCUT2D eigenvalue weighted by Gasteiger charge is 2.44. The molecule has 6 heteroatoms. The topological polar surface area (TPSA) is 46.3 Å². The van der Waals surface area contributed by atoms with Gasteiger partial charge in [-0.05, 0) is 36.4 Å². The van der Waals surface area contributed by atoms with Gasteiger partial charge in [0.15, 0.2) is 5.17 Å². The lowest BCUT2D eigenvalue weighted by Gasteiger charge is -2.28. The van der Waals surface area contributed by atoms with Gasteiger partial charge in [0.1, 0.15) is 11.9 Å². The van der Waals surface area contributed by atoms with E-state index in [1.807, 2.05) is 54.5 Å². The predicted molar refractivity (Wildman–Crippen MR) is 104 cm³/mol. The van der Waals surface area contributed by atoms with E-state index in [2.05, 4.69) is 50.8 Å². The highest BCUT2D eigenvalue weighted by molar-refractivity contribution is 8.14. The van der Waals surface area contributed by atoms with Crippen molar-refractivity contribution in [1.82, 2.24) is 19.4 Å². The van der Waals surface area contributed by atoms with Crippen LogP contribution in [0.4, 0.5) is 0 Å². The van der Waals surface area contributed by atoms with E-state index in [0.717, 1.165) is 23.2 Å². The molecule has 5 nitrogen and oxygen atoms in total. The Labute approximate surface area is 156 Å². The number of fused-ring (bicyclic) bond motifs is 1. The second-order valence-electron chi connectivity index (χ2n) is 6.63. The molecule has 5 rings (SSSR count). The normalized spacial score (nSPS) is 24.6. The molecular weight excluding hydrogens is 342 g/mol. The van der Waals surface area contributed by atoms with Crippen LogP contribution >= 0.6 is 11.8 Å². The van der Waals surface area contributed by atoms with Gasteiger partial charge in [-0.2, -0.15) is 0 Å². The van der Waals surface area contributed by atoms with Crippen molar-refractivity contribution in [2.75, 3.05) is 6.54 Å². The number of amidine groups is 1. The van der Waals surface area contributed by atoms with E-state index in [1.54, 1.807) is 0 Å². The molecule has 3 aromatic rings. The molecule has 0 radical (unpaired) electrons. The van der Waals surface area contributed by atoms with Gasteiger partial charge in [0, 0.05) is 36.1 Å². The Bertz CT molecular complexity index is 937. The first-order valence-corrected chi connectivity index (χ1v) is 9.70. The molecule has 0 bridgehead atoms. The lowest BCUT2D eigenvalue weighted by Crippen LogP contribution is -2.30. The van der Waals surface area contributed by atoms with Gasteiger partial charge in [-0.1, -0.05) is 30.8 Å². The minimum absolute atomic E-state index is 0.00330. The van der Waals surface area contributed by atoms with E-state index in [4.69, 9.17) is 4.99 Å². The molecule has 0 unspecified atom stereocenters. The Morgan fingerprint density at radius 2 is 1.85 bits per heavy atom. The molecule has 130 valence electrons. The summed E-state index contributed by atoms with van der Waals surface area (Å²) in [4.78, 5) is 16.6. The minimum atomic E-state index is 0.00330. The SMILES string of the molecule is C[C@H]1CN2C(=N[C@@H](c3ccccn3)[C@@H]2c2cccn2-c2ccccn2)S1. The third-order valence-corrected chi connectivity index (χ3v) is 5.96. The molecule has 2 aliphatic heterocycles. The molecule has 3 atom stereocenters. The maximum Gasteiger partial charge on any atom is 0.160 e. The fraction of sp³-hybridized carbons (Fsp3) is 0.250. The van der Waals surface area contributed by atoms with Crippen molar-refractivity contribution in [2.45, 2.75) is 24.3 Å². The van der Waals surface area contributed by atoms with E-state index in [9.17, 15) is 0 Å². The summed E-state index contributed by atoms with van der Waals surface area (Å²) in [6.45, 7) is 3.26. The van der Waals surface area contributed by atoms with E-state index in [0.29, 0.717) is 5.25 Å². The summed E-state index contributed by atoms with van der Waals surface area (Å²) in [6.07, 6.45) is 5.76. The quantitative estimate of drug-likeness (QED) is 0.711. The maximum atomic E-state index is 5.05. The average molecular weight is 361 g/mol. The van der Waals surface area contributed by atoms with Crippen molar-refractivity contribution in [3.8, 4) is 5.82 Å². The van der Waals surface area contributed by atoms with Gasteiger partial charge in [0.25, 0.3) is 0 Å². The molecule has 1 fully saturated rings. The fourth-order valence-electron chi connectivity index (χ4n) is 3.78. The highest BCUT2D eigenvalue weighted by atomic mass is 32.2. The molecule has 2 aliphatic rings. The van der Waals surface area contributed by atoms with Gasteiger partial charge in [-0.25, -0.2) is 4.98 Å². The Morgan fingerprint density at radius 1 is 1.00 bits per heavy atom. The number of hydrogen-bond donors (Lipinski definition) is 0. The molecule has 5 heterocycles. The molecule has 0 aliphatic carbocycles. The zero-order valence-corrected chi connectivity index (χ0v) is 15.3. The van der Waals surface area contributed by atoms with Crippen LogP contribution in [0.15, 0.2) is 72.1 Å². The average Bonchev–Trinajstić information content (AvgIpc) is 3.37. The van der Waals surface area contributed by atoms with Gasteiger partial charge < -0.3 is 9.47 Å². The summed E-state index contributed by atoms with van der Waals surface area (Å²) in [5, 5.41) is 1.69. The molecule has 26 heavy (non-hydrogen) atoms. The van der Waals surface area contributed by atoms with Crippen LogP contribution in [-0.2, 0) is 0 Å². The second kappa shape index (κ2) is 6.29. The van der Waals surface area contributed by atoms with Crippen LogP contribution in [0.2, 0.25) is 0 Å². The van der Waals surface area contributed by atoms with Crippen LogP contribution < -0.4 is 0 Å². The van der Waals surface area contributed by atoms with Crippen molar-refractivity contribution in [3.05, 3.63) is 78.5 Å². The summed E-state index contributed by atoms with van der Waals surface area (Å²) >= 11 is 1.86. The van der Waals surface area contributed by atoms with Gasteiger partial charge in [0.2, 0.25) is 0 Å². The largest absolute Gasteiger partial charge is 0.339 e. The van der Waals surface area contributed by atoms with Crippen LogP contribution in [0, 0.1) is 0 Å². The van der Waals surface area contributed by atoms with Crippen molar-refractivity contribution in [1.29, 1.82) is 0 Å². The zero-order chi connectivity index (χ0) is 17.5. The smallest absolute Gasteiger partial charge is 0.160 e. The number of hydrogen-bond acceptors (Lipinski definition) is 5. The summed E-state index contributed by atoms with van der Waals surface area (Å²) in [5.74, 6) is 0.931. The van der Waals surface area contributed by atoms with Crippen molar-refractivity contribution < 1.29 is 0 Å². The van der Waals surface area contributed by atoms with E-state index >= 15 is 0 Å². The van der Waals surface area contributed by atoms with E-state index in [1.165, 1.54) is 5.69 Å². The third-order valence-electron chi connectivity index (χ3n) is 4.86. The van der Waals surface area contributed by atoms with E-state index in [-0.39, 0.29) is 12.1 Å². The van der Waals surface area contributed by atoms with Crippen molar-refractivity contribution >= 4 is 16.9 Å². The molecular formula is C20H19N5S. The predicted octanol–water partition coefficient (Wildman–Crippen LogP) is 3.86. The standard InChI is InChI=1S/C20H19N5S/c1-14-13-25-19(16-8-6-12-24(16)17-9-3-5-11-22-17)18(23-20(25)26-14)15-7-2-4-10-21-15/h2-12,14,18-19H,13H2,1H3/t14-,18-,19-/m0/s1. The zero-order valence-electron chi connectivity index (χ0n) is 14.4. The Morgan fingerprint density at radius 3 is 2.62 bits per heavy atom. The number of nitrogens with zero attached hydrogens (tertiary/aromatic N) is 5. The summed E-state index contributed by atoms with van der Waals surface area (Å²) in [6, 6.07) is 16.5. The Hall–Kier alpha value is -2.60. The first-order valence-electron chi connectivity index (χ1n) is 8.82. The molecule has 0 aromatic carbocycles.